The van der Waals surface area contributed by atoms with Crippen molar-refractivity contribution in [2.75, 3.05) is 39.3 Å². The predicted molar refractivity (Wildman–Crippen MR) is 95.5 cm³/mol. The summed E-state index contributed by atoms with van der Waals surface area (Å²) in [5.74, 6) is -0.226. The normalized spacial score (nSPS) is 25.1. The number of urea groups is 1. The highest BCUT2D eigenvalue weighted by Crippen LogP contribution is 2.17. The van der Waals surface area contributed by atoms with Gasteiger partial charge in [0.1, 0.15) is 6.10 Å². The first-order valence-corrected chi connectivity index (χ1v) is 9.85. The topological polar surface area (TPSA) is 91.0 Å². The molecular formula is C18H30N4O4. The average Bonchev–Trinajstić information content (AvgIpc) is 3.17. The molecule has 3 rings (SSSR count). The molecule has 26 heavy (non-hydrogen) atoms. The van der Waals surface area contributed by atoms with Crippen LogP contribution < -0.4 is 10.6 Å². The third kappa shape index (κ3) is 5.41. The molecule has 3 aliphatic rings. The maximum Gasteiger partial charge on any atom is 0.321 e. The zero-order chi connectivity index (χ0) is 18.4. The Balaban J connectivity index is 1.33. The number of ether oxygens (including phenoxy) is 1. The van der Waals surface area contributed by atoms with Crippen LogP contribution in [0.3, 0.4) is 0 Å². The molecule has 0 spiro atoms. The summed E-state index contributed by atoms with van der Waals surface area (Å²) in [7, 11) is 0. The quantitative estimate of drug-likeness (QED) is 0.755. The summed E-state index contributed by atoms with van der Waals surface area (Å²) >= 11 is 0. The van der Waals surface area contributed by atoms with Crippen molar-refractivity contribution in [2.45, 2.75) is 57.1 Å². The van der Waals surface area contributed by atoms with Crippen LogP contribution in [0.5, 0.6) is 0 Å². The van der Waals surface area contributed by atoms with Crippen molar-refractivity contribution < 1.29 is 19.1 Å². The number of imide groups is 1. The van der Waals surface area contributed by atoms with Gasteiger partial charge in [-0.05, 0) is 25.7 Å². The van der Waals surface area contributed by atoms with E-state index >= 15 is 0 Å². The van der Waals surface area contributed by atoms with Crippen molar-refractivity contribution in [3.63, 3.8) is 0 Å². The van der Waals surface area contributed by atoms with E-state index in [0.29, 0.717) is 32.8 Å². The smallest absolute Gasteiger partial charge is 0.321 e. The highest BCUT2D eigenvalue weighted by molar-refractivity contribution is 5.95. The number of piperazine rings is 1. The molecule has 1 saturated carbocycles. The van der Waals surface area contributed by atoms with E-state index in [1.807, 2.05) is 9.80 Å². The molecule has 2 saturated heterocycles. The number of nitrogens with zero attached hydrogens (tertiary/aromatic N) is 2. The molecule has 0 aromatic heterocycles. The zero-order valence-electron chi connectivity index (χ0n) is 15.4. The summed E-state index contributed by atoms with van der Waals surface area (Å²) in [5.41, 5.74) is 0. The SMILES string of the molecule is O=C(CN1CCN(C(=O)C2CCCO2)CC1)NC(=O)NC1CCCCC1. The summed E-state index contributed by atoms with van der Waals surface area (Å²) in [4.78, 5) is 40.1. The van der Waals surface area contributed by atoms with Crippen LogP contribution in [-0.4, -0.2) is 79.1 Å². The molecule has 4 amide bonds. The van der Waals surface area contributed by atoms with Gasteiger partial charge in [0.05, 0.1) is 6.54 Å². The highest BCUT2D eigenvalue weighted by Gasteiger charge is 2.30. The second-order valence-electron chi connectivity index (χ2n) is 7.46. The van der Waals surface area contributed by atoms with Crippen LogP contribution in [-0.2, 0) is 14.3 Å². The van der Waals surface area contributed by atoms with E-state index in [1.54, 1.807) is 0 Å². The van der Waals surface area contributed by atoms with Gasteiger partial charge in [0.25, 0.3) is 5.91 Å². The van der Waals surface area contributed by atoms with Crippen molar-refractivity contribution >= 4 is 17.8 Å². The third-order valence-corrected chi connectivity index (χ3v) is 5.45. The van der Waals surface area contributed by atoms with Crippen molar-refractivity contribution in [3.05, 3.63) is 0 Å². The lowest BCUT2D eigenvalue weighted by Gasteiger charge is -2.35. The Morgan fingerprint density at radius 3 is 2.31 bits per heavy atom. The number of carbonyl (C=O) groups excluding carboxylic acids is 3. The Kier molecular flexibility index (Phi) is 6.85. The minimum absolute atomic E-state index is 0.0680. The molecule has 0 bridgehead atoms. The van der Waals surface area contributed by atoms with E-state index < -0.39 is 6.03 Å². The Morgan fingerprint density at radius 2 is 1.65 bits per heavy atom. The fraction of sp³-hybridized carbons (Fsp3) is 0.833. The summed E-state index contributed by atoms with van der Waals surface area (Å²) in [6, 6.07) is -0.210. The second-order valence-corrected chi connectivity index (χ2v) is 7.46. The Bertz CT molecular complexity index is 507. The van der Waals surface area contributed by atoms with Crippen LogP contribution in [0.2, 0.25) is 0 Å². The first kappa shape index (κ1) is 19.1. The first-order chi connectivity index (χ1) is 12.6. The third-order valence-electron chi connectivity index (χ3n) is 5.45. The maximum atomic E-state index is 12.3. The van der Waals surface area contributed by atoms with E-state index in [4.69, 9.17) is 4.74 Å². The van der Waals surface area contributed by atoms with Gasteiger partial charge in [-0.15, -0.1) is 0 Å². The van der Waals surface area contributed by atoms with Crippen molar-refractivity contribution in [1.82, 2.24) is 20.4 Å². The zero-order valence-corrected chi connectivity index (χ0v) is 15.4. The van der Waals surface area contributed by atoms with Gasteiger partial charge in [0, 0.05) is 38.8 Å². The molecule has 8 heteroatoms. The van der Waals surface area contributed by atoms with Gasteiger partial charge in [-0.25, -0.2) is 4.79 Å². The minimum Gasteiger partial charge on any atom is -0.368 e. The molecule has 1 unspecified atom stereocenters. The van der Waals surface area contributed by atoms with Crippen LogP contribution in [0.1, 0.15) is 44.9 Å². The van der Waals surface area contributed by atoms with Gasteiger partial charge in [0.2, 0.25) is 5.91 Å². The van der Waals surface area contributed by atoms with Crippen LogP contribution in [0.25, 0.3) is 0 Å². The summed E-state index contributed by atoms with van der Waals surface area (Å²) in [5, 5.41) is 5.31. The number of carbonyl (C=O) groups is 3. The molecule has 0 aromatic rings. The molecule has 8 nitrogen and oxygen atoms in total. The van der Waals surface area contributed by atoms with Crippen LogP contribution in [0, 0.1) is 0 Å². The van der Waals surface area contributed by atoms with E-state index in [-0.39, 0.29) is 30.5 Å². The summed E-state index contributed by atoms with van der Waals surface area (Å²) < 4.78 is 5.45. The highest BCUT2D eigenvalue weighted by atomic mass is 16.5. The molecule has 1 aliphatic carbocycles. The van der Waals surface area contributed by atoms with Gasteiger partial charge in [-0.2, -0.15) is 0 Å². The van der Waals surface area contributed by atoms with E-state index in [0.717, 1.165) is 38.5 Å². The van der Waals surface area contributed by atoms with Crippen molar-refractivity contribution in [2.24, 2.45) is 0 Å². The predicted octanol–water partition coefficient (Wildman–Crippen LogP) is 0.468. The number of rotatable bonds is 4. The molecule has 0 radical (unpaired) electrons. The lowest BCUT2D eigenvalue weighted by atomic mass is 9.96. The minimum atomic E-state index is -0.394. The molecule has 0 aromatic carbocycles. The lowest BCUT2D eigenvalue weighted by Crippen LogP contribution is -2.54. The maximum absolute atomic E-state index is 12.3. The fourth-order valence-corrected chi connectivity index (χ4v) is 3.94. The monoisotopic (exact) mass is 366 g/mol. The molecular weight excluding hydrogens is 336 g/mol. The van der Waals surface area contributed by atoms with E-state index in [9.17, 15) is 14.4 Å². The van der Waals surface area contributed by atoms with Crippen LogP contribution in [0.15, 0.2) is 0 Å². The van der Waals surface area contributed by atoms with E-state index in [2.05, 4.69) is 10.6 Å². The fourth-order valence-electron chi connectivity index (χ4n) is 3.94. The van der Waals surface area contributed by atoms with Crippen molar-refractivity contribution in [3.8, 4) is 0 Å². The lowest BCUT2D eigenvalue weighted by molar-refractivity contribution is -0.142. The Labute approximate surface area is 154 Å². The van der Waals surface area contributed by atoms with Crippen molar-refractivity contribution in [1.29, 1.82) is 0 Å². The van der Waals surface area contributed by atoms with Gasteiger partial charge in [-0.1, -0.05) is 19.3 Å². The first-order valence-electron chi connectivity index (χ1n) is 9.85. The number of hydrogen-bond acceptors (Lipinski definition) is 5. The van der Waals surface area contributed by atoms with E-state index in [1.165, 1.54) is 6.42 Å². The summed E-state index contributed by atoms with van der Waals surface area (Å²) in [6.07, 6.45) is 6.93. The molecule has 2 aliphatic heterocycles. The standard InChI is InChI=1S/C18H30N4O4/c23-16(20-18(25)19-14-5-2-1-3-6-14)13-21-8-10-22(11-9-21)17(24)15-7-4-12-26-15/h14-15H,1-13H2,(H2,19,20,23,25). The van der Waals surface area contributed by atoms with Gasteiger partial charge >= 0.3 is 6.03 Å². The molecule has 3 fully saturated rings. The largest absolute Gasteiger partial charge is 0.368 e. The van der Waals surface area contributed by atoms with Crippen LogP contribution in [0.4, 0.5) is 4.79 Å². The second kappa shape index (κ2) is 9.32. The molecule has 2 heterocycles. The average molecular weight is 366 g/mol. The van der Waals surface area contributed by atoms with Gasteiger partial charge < -0.3 is 15.0 Å². The number of hydrogen-bond donors (Lipinski definition) is 2. The van der Waals surface area contributed by atoms with Crippen LogP contribution >= 0.6 is 0 Å². The number of nitrogens with one attached hydrogen (secondary N) is 2. The molecule has 146 valence electrons. The summed E-state index contributed by atoms with van der Waals surface area (Å²) in [6.45, 7) is 3.31. The Morgan fingerprint density at radius 1 is 0.923 bits per heavy atom. The Hall–Kier alpha value is -1.67. The van der Waals surface area contributed by atoms with Gasteiger partial charge in [-0.3, -0.25) is 19.8 Å². The molecule has 1 atom stereocenters. The number of amides is 4. The van der Waals surface area contributed by atoms with Gasteiger partial charge in [0.15, 0.2) is 0 Å². The molecule has 2 N–H and O–H groups in total.